The molecule has 0 heterocycles. The van der Waals surface area contributed by atoms with E-state index in [1.54, 1.807) is 18.2 Å². The van der Waals surface area contributed by atoms with E-state index in [0.29, 0.717) is 5.56 Å². The van der Waals surface area contributed by atoms with E-state index in [2.05, 4.69) is 0 Å². The van der Waals surface area contributed by atoms with Gasteiger partial charge in [0.15, 0.2) is 0 Å². The summed E-state index contributed by atoms with van der Waals surface area (Å²) in [4.78, 5) is 0. The van der Waals surface area contributed by atoms with Crippen LogP contribution in [0.25, 0.3) is 6.08 Å². The fourth-order valence-corrected chi connectivity index (χ4v) is 1.37. The first-order valence-corrected chi connectivity index (χ1v) is 4.83. The first kappa shape index (κ1) is 11.6. The molecule has 0 atom stereocenters. The van der Waals surface area contributed by atoms with E-state index >= 15 is 0 Å². The van der Waals surface area contributed by atoms with Gasteiger partial charge in [-0.05, 0) is 19.9 Å². The zero-order valence-electron chi connectivity index (χ0n) is 8.93. The Kier molecular flexibility index (Phi) is 4.22. The molecule has 0 radical (unpaired) electrons. The Bertz CT molecular complexity index is 390. The average Bonchev–Trinajstić information content (AvgIpc) is 2.21. The molecule has 0 spiro atoms. The minimum Gasteiger partial charge on any atom is -0.246 e. The zero-order chi connectivity index (χ0) is 11.3. The average molecular weight is 208 g/mol. The monoisotopic (exact) mass is 208 g/mol. The van der Waals surface area contributed by atoms with Crippen molar-refractivity contribution in [1.82, 2.24) is 0 Å². The summed E-state index contributed by atoms with van der Waals surface area (Å²) >= 11 is 0. The third-order valence-electron chi connectivity index (χ3n) is 2.07. The van der Waals surface area contributed by atoms with Crippen LogP contribution < -0.4 is 0 Å². The molecule has 2 heteroatoms. The number of rotatable bonds is 3. The third-order valence-corrected chi connectivity index (χ3v) is 2.07. The Morgan fingerprint density at radius 2 is 2.13 bits per heavy atom. The molecule has 0 aliphatic carbocycles. The highest BCUT2D eigenvalue weighted by Crippen LogP contribution is 2.17. The van der Waals surface area contributed by atoms with Crippen molar-refractivity contribution >= 4 is 6.08 Å². The number of allylic oxidation sites excluding steroid dienone is 3. The molecule has 0 aliphatic heterocycles. The van der Waals surface area contributed by atoms with Crippen molar-refractivity contribution < 1.29 is 8.78 Å². The summed E-state index contributed by atoms with van der Waals surface area (Å²) in [6, 6.07) is 4.76. The number of hydrogen-bond acceptors (Lipinski definition) is 0. The molecule has 0 amide bonds. The smallest absolute Gasteiger partial charge is 0.136 e. The van der Waals surface area contributed by atoms with Gasteiger partial charge < -0.3 is 0 Å². The maximum Gasteiger partial charge on any atom is 0.136 e. The lowest BCUT2D eigenvalue weighted by atomic mass is 10.1. The molecule has 0 fully saturated rings. The molecule has 0 nitrogen and oxygen atoms in total. The van der Waals surface area contributed by atoms with E-state index in [-0.39, 0.29) is 5.56 Å². The van der Waals surface area contributed by atoms with Crippen LogP contribution in [0.15, 0.2) is 35.9 Å². The molecule has 0 N–H and O–H groups in total. The lowest BCUT2D eigenvalue weighted by Crippen LogP contribution is -1.90. The maximum atomic E-state index is 13.6. The number of alkyl halides is 1. The van der Waals surface area contributed by atoms with Crippen molar-refractivity contribution in [3.63, 3.8) is 0 Å². The molecule has 0 aliphatic rings. The standard InChI is InChI=1S/C13H14F2/c1-3-5-10(2)8-11-6-4-7-12(9-14)13(11)15/h3-8H,9H2,1-2H3/b5-3-,10-8-. The summed E-state index contributed by atoms with van der Waals surface area (Å²) in [5.41, 5.74) is 1.48. The first-order valence-electron chi connectivity index (χ1n) is 4.83. The minimum absolute atomic E-state index is 0.108. The molecule has 1 aromatic rings. The van der Waals surface area contributed by atoms with E-state index < -0.39 is 12.5 Å². The van der Waals surface area contributed by atoms with Crippen LogP contribution in [0.1, 0.15) is 25.0 Å². The predicted molar refractivity (Wildman–Crippen MR) is 59.7 cm³/mol. The van der Waals surface area contributed by atoms with Crippen molar-refractivity contribution in [2.24, 2.45) is 0 Å². The van der Waals surface area contributed by atoms with Crippen molar-refractivity contribution in [2.45, 2.75) is 20.5 Å². The Morgan fingerprint density at radius 1 is 1.40 bits per heavy atom. The second-order valence-corrected chi connectivity index (χ2v) is 3.34. The van der Waals surface area contributed by atoms with E-state index in [0.717, 1.165) is 5.57 Å². The second kappa shape index (κ2) is 5.44. The molecule has 0 aromatic heterocycles. The van der Waals surface area contributed by atoms with Gasteiger partial charge in [0, 0.05) is 11.1 Å². The quantitative estimate of drug-likeness (QED) is 0.650. The summed E-state index contributed by atoms with van der Waals surface area (Å²) in [6.45, 7) is 3.00. The van der Waals surface area contributed by atoms with Gasteiger partial charge in [-0.2, -0.15) is 0 Å². The predicted octanol–water partition coefficient (Wildman–Crippen LogP) is 4.27. The van der Waals surface area contributed by atoms with Crippen LogP contribution >= 0.6 is 0 Å². The van der Waals surface area contributed by atoms with Crippen LogP contribution in [-0.2, 0) is 6.67 Å². The van der Waals surface area contributed by atoms with Gasteiger partial charge in [0.2, 0.25) is 0 Å². The van der Waals surface area contributed by atoms with Gasteiger partial charge in [0.1, 0.15) is 12.5 Å². The van der Waals surface area contributed by atoms with Crippen molar-refractivity contribution in [1.29, 1.82) is 0 Å². The third kappa shape index (κ3) is 3.01. The van der Waals surface area contributed by atoms with Crippen LogP contribution in [0.3, 0.4) is 0 Å². The van der Waals surface area contributed by atoms with Gasteiger partial charge in [0.05, 0.1) is 0 Å². The number of halogens is 2. The van der Waals surface area contributed by atoms with Crippen molar-refractivity contribution in [3.8, 4) is 0 Å². The molecule has 0 unspecified atom stereocenters. The topological polar surface area (TPSA) is 0 Å². The van der Waals surface area contributed by atoms with Gasteiger partial charge in [0.25, 0.3) is 0 Å². The highest BCUT2D eigenvalue weighted by atomic mass is 19.1. The van der Waals surface area contributed by atoms with Crippen molar-refractivity contribution in [3.05, 3.63) is 52.9 Å². The van der Waals surface area contributed by atoms with Crippen molar-refractivity contribution in [2.75, 3.05) is 0 Å². The summed E-state index contributed by atoms with van der Waals surface area (Å²) in [5, 5.41) is 0. The highest BCUT2D eigenvalue weighted by molar-refractivity contribution is 5.56. The Labute approximate surface area is 88.9 Å². The summed E-state index contributed by atoms with van der Waals surface area (Å²) in [6.07, 6.45) is 5.46. The van der Waals surface area contributed by atoms with Crippen LogP contribution in [0, 0.1) is 5.82 Å². The molecule has 15 heavy (non-hydrogen) atoms. The summed E-state index contributed by atoms with van der Waals surface area (Å²) in [5.74, 6) is -0.469. The molecule has 0 saturated carbocycles. The maximum absolute atomic E-state index is 13.6. The van der Waals surface area contributed by atoms with Gasteiger partial charge in [-0.1, -0.05) is 35.9 Å². The molecule has 1 aromatic carbocycles. The summed E-state index contributed by atoms with van der Waals surface area (Å²) < 4.78 is 25.9. The molecular formula is C13H14F2. The molecule has 0 saturated heterocycles. The SMILES string of the molecule is C/C=C\C(C)=C/c1cccc(CF)c1F. The van der Waals surface area contributed by atoms with Crippen LogP contribution in [0.2, 0.25) is 0 Å². The van der Waals surface area contributed by atoms with Gasteiger partial charge in [-0.15, -0.1) is 0 Å². The van der Waals surface area contributed by atoms with Crippen LogP contribution in [0.5, 0.6) is 0 Å². The minimum atomic E-state index is -0.768. The van der Waals surface area contributed by atoms with E-state index in [1.165, 1.54) is 6.07 Å². The molecule has 80 valence electrons. The highest BCUT2D eigenvalue weighted by Gasteiger charge is 2.05. The van der Waals surface area contributed by atoms with Gasteiger partial charge in [-0.3, -0.25) is 0 Å². The Morgan fingerprint density at radius 3 is 2.73 bits per heavy atom. The Balaban J connectivity index is 3.10. The lowest BCUT2D eigenvalue weighted by molar-refractivity contribution is 0.463. The molecule has 1 rings (SSSR count). The van der Waals surface area contributed by atoms with E-state index in [4.69, 9.17) is 0 Å². The fraction of sp³-hybridized carbons (Fsp3) is 0.231. The van der Waals surface area contributed by atoms with Crippen LogP contribution in [-0.4, -0.2) is 0 Å². The van der Waals surface area contributed by atoms with Crippen LogP contribution in [0.4, 0.5) is 8.78 Å². The number of benzene rings is 1. The van der Waals surface area contributed by atoms with E-state index in [1.807, 2.05) is 26.0 Å². The zero-order valence-corrected chi connectivity index (χ0v) is 8.93. The molecular weight excluding hydrogens is 194 g/mol. The second-order valence-electron chi connectivity index (χ2n) is 3.34. The van der Waals surface area contributed by atoms with Gasteiger partial charge >= 0.3 is 0 Å². The first-order chi connectivity index (χ1) is 7.19. The van der Waals surface area contributed by atoms with Gasteiger partial charge in [-0.25, -0.2) is 8.78 Å². The largest absolute Gasteiger partial charge is 0.246 e. The summed E-state index contributed by atoms with van der Waals surface area (Å²) in [7, 11) is 0. The fourth-order valence-electron chi connectivity index (χ4n) is 1.37. The normalized spacial score (nSPS) is 12.4. The Hall–Kier alpha value is -1.44. The lowest BCUT2D eigenvalue weighted by Gasteiger charge is -2.02. The number of hydrogen-bond donors (Lipinski definition) is 0. The van der Waals surface area contributed by atoms with E-state index in [9.17, 15) is 8.78 Å². The molecule has 0 bridgehead atoms.